The summed E-state index contributed by atoms with van der Waals surface area (Å²) in [5.41, 5.74) is 5.07. The Labute approximate surface area is 220 Å². The van der Waals surface area contributed by atoms with Crippen LogP contribution in [-0.2, 0) is 24.3 Å². The van der Waals surface area contributed by atoms with Gasteiger partial charge in [-0.05, 0) is 54.0 Å². The molecular weight excluding hydrogens is 456 g/mol. The van der Waals surface area contributed by atoms with Crippen molar-refractivity contribution in [1.82, 2.24) is 19.8 Å². The van der Waals surface area contributed by atoms with Gasteiger partial charge in [-0.3, -0.25) is 9.69 Å². The van der Waals surface area contributed by atoms with Crippen LogP contribution in [0.3, 0.4) is 0 Å². The summed E-state index contributed by atoms with van der Waals surface area (Å²) >= 11 is 0. The summed E-state index contributed by atoms with van der Waals surface area (Å²) in [7, 11) is 0. The molecule has 1 fully saturated rings. The zero-order valence-corrected chi connectivity index (χ0v) is 21.4. The molecule has 2 unspecified atom stereocenters. The number of nitrogens with one attached hydrogen (secondary N) is 1. The van der Waals surface area contributed by atoms with Gasteiger partial charge in [-0.15, -0.1) is 0 Å². The third kappa shape index (κ3) is 7.17. The molecule has 4 aromatic rings. The Hall–Kier alpha value is -3.70. The van der Waals surface area contributed by atoms with Crippen LogP contribution in [0.15, 0.2) is 104 Å². The molecule has 1 aliphatic rings. The van der Waals surface area contributed by atoms with Gasteiger partial charge >= 0.3 is 0 Å². The van der Waals surface area contributed by atoms with Gasteiger partial charge in [0.2, 0.25) is 5.91 Å². The molecule has 0 aliphatic carbocycles. The molecule has 3 aromatic carbocycles. The van der Waals surface area contributed by atoms with Gasteiger partial charge in [-0.1, -0.05) is 84.9 Å². The third-order valence-corrected chi connectivity index (χ3v) is 7.30. The SMILES string of the molecule is O=C(NCC(Cc1ccccc1)Cn1ccnc1)C1CCCN(Cc2ccc(-c3ccccc3)cc2)C1. The summed E-state index contributed by atoms with van der Waals surface area (Å²) in [6, 6.07) is 29.8. The van der Waals surface area contributed by atoms with E-state index < -0.39 is 0 Å². The Bertz CT molecular complexity index is 1220. The Morgan fingerprint density at radius 3 is 2.38 bits per heavy atom. The predicted molar refractivity (Wildman–Crippen MR) is 149 cm³/mol. The minimum Gasteiger partial charge on any atom is -0.355 e. The molecule has 1 aromatic heterocycles. The Morgan fingerprint density at radius 2 is 1.65 bits per heavy atom. The largest absolute Gasteiger partial charge is 0.355 e. The lowest BCUT2D eigenvalue weighted by molar-refractivity contribution is -0.127. The molecule has 37 heavy (non-hydrogen) atoms. The Balaban J connectivity index is 1.14. The van der Waals surface area contributed by atoms with Crippen LogP contribution in [0.4, 0.5) is 0 Å². The number of amides is 1. The molecule has 1 amide bonds. The van der Waals surface area contributed by atoms with Gasteiger partial charge in [0.1, 0.15) is 0 Å². The maximum absolute atomic E-state index is 13.2. The first-order valence-corrected chi connectivity index (χ1v) is 13.4. The highest BCUT2D eigenvalue weighted by atomic mass is 16.1. The number of carbonyl (C=O) groups is 1. The molecule has 1 N–H and O–H groups in total. The van der Waals surface area contributed by atoms with Crippen molar-refractivity contribution in [2.45, 2.75) is 32.4 Å². The van der Waals surface area contributed by atoms with Crippen molar-refractivity contribution in [3.63, 3.8) is 0 Å². The Morgan fingerprint density at radius 1 is 0.919 bits per heavy atom. The molecule has 0 radical (unpaired) electrons. The molecule has 190 valence electrons. The van der Waals surface area contributed by atoms with Crippen molar-refractivity contribution in [3.8, 4) is 11.1 Å². The van der Waals surface area contributed by atoms with Crippen molar-refractivity contribution < 1.29 is 4.79 Å². The van der Waals surface area contributed by atoms with Gasteiger partial charge in [0, 0.05) is 38.6 Å². The summed E-state index contributed by atoms with van der Waals surface area (Å²) in [6.07, 6.45) is 8.60. The molecule has 0 saturated carbocycles. The summed E-state index contributed by atoms with van der Waals surface area (Å²) in [6.45, 7) is 4.25. The van der Waals surface area contributed by atoms with Crippen LogP contribution in [0.25, 0.3) is 11.1 Å². The Kier molecular flexibility index (Phi) is 8.44. The first kappa shape index (κ1) is 25.0. The minimum atomic E-state index is 0.0444. The number of aromatic nitrogens is 2. The van der Waals surface area contributed by atoms with Crippen molar-refractivity contribution in [1.29, 1.82) is 0 Å². The van der Waals surface area contributed by atoms with Gasteiger partial charge in [-0.25, -0.2) is 4.98 Å². The standard InChI is InChI=1S/C32H36N4O/c37-32(34-21-28(23-36-19-17-33-25-36)20-26-8-3-1-4-9-26)31-12-7-18-35(24-31)22-27-13-15-30(16-14-27)29-10-5-2-6-11-29/h1-6,8-11,13-17,19,25,28,31H,7,12,18,20-24H2,(H,34,37). The van der Waals surface area contributed by atoms with E-state index in [1.165, 1.54) is 22.3 Å². The molecule has 2 heterocycles. The van der Waals surface area contributed by atoms with Gasteiger partial charge in [0.05, 0.1) is 12.2 Å². The molecule has 5 nitrogen and oxygen atoms in total. The minimum absolute atomic E-state index is 0.0444. The van der Waals surface area contributed by atoms with E-state index in [0.717, 1.165) is 45.4 Å². The zero-order valence-electron chi connectivity index (χ0n) is 21.4. The summed E-state index contributed by atoms with van der Waals surface area (Å²) < 4.78 is 2.10. The maximum atomic E-state index is 13.2. The van der Waals surface area contributed by atoms with Crippen LogP contribution in [0.2, 0.25) is 0 Å². The maximum Gasteiger partial charge on any atom is 0.224 e. The lowest BCUT2D eigenvalue weighted by Gasteiger charge is -2.32. The normalized spacial score (nSPS) is 16.8. The number of nitrogens with zero attached hydrogens (tertiary/aromatic N) is 3. The first-order valence-electron chi connectivity index (χ1n) is 13.4. The van der Waals surface area contributed by atoms with Gasteiger partial charge in [0.15, 0.2) is 0 Å². The van der Waals surface area contributed by atoms with E-state index in [4.69, 9.17) is 0 Å². The lowest BCUT2D eigenvalue weighted by atomic mass is 9.95. The van der Waals surface area contributed by atoms with Crippen LogP contribution in [-0.4, -0.2) is 40.0 Å². The van der Waals surface area contributed by atoms with E-state index in [-0.39, 0.29) is 11.8 Å². The van der Waals surface area contributed by atoms with E-state index in [9.17, 15) is 4.79 Å². The number of hydrogen-bond acceptors (Lipinski definition) is 3. The fourth-order valence-corrected chi connectivity index (χ4v) is 5.34. The fourth-order valence-electron chi connectivity index (χ4n) is 5.34. The van der Waals surface area contributed by atoms with E-state index >= 15 is 0 Å². The summed E-state index contributed by atoms with van der Waals surface area (Å²) in [4.78, 5) is 19.8. The molecule has 1 saturated heterocycles. The van der Waals surface area contributed by atoms with E-state index in [1.54, 1.807) is 0 Å². The van der Waals surface area contributed by atoms with Crippen LogP contribution < -0.4 is 5.32 Å². The van der Waals surface area contributed by atoms with Crippen molar-refractivity contribution >= 4 is 5.91 Å². The van der Waals surface area contributed by atoms with Crippen molar-refractivity contribution in [2.75, 3.05) is 19.6 Å². The predicted octanol–water partition coefficient (Wildman–Crippen LogP) is 5.44. The smallest absolute Gasteiger partial charge is 0.224 e. The molecule has 5 rings (SSSR count). The van der Waals surface area contributed by atoms with Crippen LogP contribution in [0.1, 0.15) is 24.0 Å². The monoisotopic (exact) mass is 492 g/mol. The number of carbonyl (C=O) groups excluding carboxylic acids is 1. The lowest BCUT2D eigenvalue weighted by Crippen LogP contribution is -2.44. The molecular formula is C32H36N4O. The molecule has 1 aliphatic heterocycles. The topological polar surface area (TPSA) is 50.2 Å². The first-order chi connectivity index (χ1) is 18.2. The fraction of sp³-hybridized carbons (Fsp3) is 0.312. The molecule has 0 bridgehead atoms. The number of imidazole rings is 1. The number of likely N-dealkylation sites (tertiary alicyclic amines) is 1. The molecule has 5 heteroatoms. The number of rotatable bonds is 10. The van der Waals surface area contributed by atoms with Gasteiger partial charge in [0.25, 0.3) is 0 Å². The summed E-state index contributed by atoms with van der Waals surface area (Å²) in [5.74, 6) is 0.541. The van der Waals surface area contributed by atoms with Crippen LogP contribution in [0, 0.1) is 11.8 Å². The molecule has 2 atom stereocenters. The quantitative estimate of drug-likeness (QED) is 0.321. The van der Waals surface area contributed by atoms with Crippen molar-refractivity contribution in [3.05, 3.63) is 115 Å². The van der Waals surface area contributed by atoms with Crippen LogP contribution >= 0.6 is 0 Å². The van der Waals surface area contributed by atoms with Gasteiger partial charge < -0.3 is 9.88 Å². The van der Waals surface area contributed by atoms with Crippen LogP contribution in [0.5, 0.6) is 0 Å². The third-order valence-electron chi connectivity index (χ3n) is 7.30. The average Bonchev–Trinajstić information content (AvgIpc) is 3.46. The van der Waals surface area contributed by atoms with Gasteiger partial charge in [-0.2, -0.15) is 0 Å². The highest BCUT2D eigenvalue weighted by Gasteiger charge is 2.26. The summed E-state index contributed by atoms with van der Waals surface area (Å²) in [5, 5.41) is 3.30. The second kappa shape index (κ2) is 12.5. The average molecular weight is 493 g/mol. The number of piperidine rings is 1. The van der Waals surface area contributed by atoms with Crippen molar-refractivity contribution in [2.24, 2.45) is 11.8 Å². The zero-order chi connectivity index (χ0) is 25.3. The number of benzene rings is 3. The highest BCUT2D eigenvalue weighted by Crippen LogP contribution is 2.22. The second-order valence-corrected chi connectivity index (χ2v) is 10.2. The van der Waals surface area contributed by atoms with E-state index in [1.807, 2.05) is 30.9 Å². The highest BCUT2D eigenvalue weighted by molar-refractivity contribution is 5.79. The van der Waals surface area contributed by atoms with E-state index in [2.05, 4.69) is 92.6 Å². The number of hydrogen-bond donors (Lipinski definition) is 1. The van der Waals surface area contributed by atoms with E-state index in [0.29, 0.717) is 12.5 Å². The molecule has 0 spiro atoms. The second-order valence-electron chi connectivity index (χ2n) is 10.2.